The summed E-state index contributed by atoms with van der Waals surface area (Å²) in [5.74, 6) is 1.33. The Morgan fingerprint density at radius 3 is 2.81 bits per heavy atom. The van der Waals surface area contributed by atoms with Crippen molar-refractivity contribution >= 4 is 8.60 Å². The zero-order valence-electron chi connectivity index (χ0n) is 16.7. The number of benzene rings is 1. The summed E-state index contributed by atoms with van der Waals surface area (Å²) >= 11 is 0. The van der Waals surface area contributed by atoms with Gasteiger partial charge in [-0.2, -0.15) is 0 Å². The predicted octanol–water partition coefficient (Wildman–Crippen LogP) is 4.96. The Balaban J connectivity index is 1.55. The quantitative estimate of drug-likeness (QED) is 0.410. The van der Waals surface area contributed by atoms with Gasteiger partial charge in [-0.05, 0) is 67.1 Å². The van der Waals surface area contributed by atoms with Gasteiger partial charge in [-0.3, -0.25) is 0 Å². The van der Waals surface area contributed by atoms with E-state index in [0.29, 0.717) is 5.92 Å². The Bertz CT molecular complexity index is 609. The summed E-state index contributed by atoms with van der Waals surface area (Å²) in [5.41, 5.74) is 10.5. The van der Waals surface area contributed by atoms with Gasteiger partial charge in [0.1, 0.15) is 0 Å². The molecule has 0 amide bonds. The maximum absolute atomic E-state index is 8.99. The predicted molar refractivity (Wildman–Crippen MR) is 112 cm³/mol. The van der Waals surface area contributed by atoms with Gasteiger partial charge in [0.15, 0.2) is 0 Å². The van der Waals surface area contributed by atoms with Gasteiger partial charge in [0.2, 0.25) is 0 Å². The lowest BCUT2D eigenvalue weighted by molar-refractivity contribution is 0.190. The maximum atomic E-state index is 8.99. The number of unbranched alkanes of at least 4 members (excludes halogenated alkanes) is 3. The topological polar surface area (TPSA) is 75.7 Å². The molecule has 2 aliphatic carbocycles. The van der Waals surface area contributed by atoms with Crippen molar-refractivity contribution in [3.8, 4) is 0 Å². The summed E-state index contributed by atoms with van der Waals surface area (Å²) in [4.78, 5) is 18.0. The van der Waals surface area contributed by atoms with Crippen LogP contribution in [0.25, 0.3) is 0 Å². The molecule has 1 aromatic rings. The second-order valence-corrected chi connectivity index (χ2v) is 9.58. The first-order valence-corrected chi connectivity index (χ1v) is 11.9. The normalized spacial score (nSPS) is 27.9. The lowest BCUT2D eigenvalue weighted by Gasteiger charge is -2.27. The van der Waals surface area contributed by atoms with Crippen molar-refractivity contribution in [2.24, 2.45) is 11.7 Å². The van der Waals surface area contributed by atoms with Gasteiger partial charge < -0.3 is 20.0 Å². The summed E-state index contributed by atoms with van der Waals surface area (Å²) in [6, 6.07) is 7.09. The monoisotopic (exact) mass is 393 g/mol. The highest BCUT2D eigenvalue weighted by atomic mass is 31.2. The van der Waals surface area contributed by atoms with Crippen LogP contribution in [0.1, 0.15) is 87.3 Å². The van der Waals surface area contributed by atoms with Crippen molar-refractivity contribution in [2.45, 2.75) is 89.0 Å². The Kier molecular flexibility index (Phi) is 7.70. The summed E-state index contributed by atoms with van der Waals surface area (Å²) in [5, 5.41) is 0. The van der Waals surface area contributed by atoms with Crippen molar-refractivity contribution < 1.29 is 14.3 Å². The Hall–Kier alpha value is -0.510. The molecule has 1 fully saturated rings. The van der Waals surface area contributed by atoms with Gasteiger partial charge in [-0.25, -0.2) is 0 Å². The Labute approximate surface area is 165 Å². The van der Waals surface area contributed by atoms with Crippen molar-refractivity contribution in [3.63, 3.8) is 0 Å². The molecule has 152 valence electrons. The molecule has 1 saturated carbocycles. The van der Waals surface area contributed by atoms with E-state index in [4.69, 9.17) is 20.0 Å². The van der Waals surface area contributed by atoms with Crippen LogP contribution in [0, 0.1) is 5.92 Å². The fourth-order valence-corrected chi connectivity index (χ4v) is 5.34. The summed E-state index contributed by atoms with van der Waals surface area (Å²) in [6.07, 6.45) is 13.4. The molecule has 5 heteroatoms. The minimum Gasteiger partial charge on any atom is -0.328 e. The molecule has 0 radical (unpaired) electrons. The number of fused-ring (bicyclic) bond motifs is 1. The zero-order valence-corrected chi connectivity index (χ0v) is 17.6. The van der Waals surface area contributed by atoms with E-state index in [0.717, 1.165) is 25.2 Å². The van der Waals surface area contributed by atoms with E-state index >= 15 is 0 Å². The van der Waals surface area contributed by atoms with E-state index in [9.17, 15) is 0 Å². The molecule has 0 aromatic heterocycles. The van der Waals surface area contributed by atoms with E-state index < -0.39 is 14.1 Å². The van der Waals surface area contributed by atoms with Crippen LogP contribution in [-0.4, -0.2) is 21.9 Å². The molecule has 3 rings (SSSR count). The smallest absolute Gasteiger partial charge is 0.327 e. The van der Waals surface area contributed by atoms with Crippen LogP contribution in [0.3, 0.4) is 0 Å². The zero-order chi connectivity index (χ0) is 19.3. The van der Waals surface area contributed by atoms with Crippen molar-refractivity contribution in [1.82, 2.24) is 0 Å². The standard InChI is InChI=1S/C22H36NO3P/c1-2-3-4-5-6-17-7-8-19-14-20(10-9-18(19)13-17)21-11-12-22(23,15-21)16-26-27(24)25/h9-10,14,17,21,24-25H,2-8,11-13,15-16,23H2,1H3/t17-,21+,22-/m1/s1. The molecule has 3 atom stereocenters. The highest BCUT2D eigenvalue weighted by Gasteiger charge is 2.37. The van der Waals surface area contributed by atoms with Gasteiger partial charge in [-0.1, -0.05) is 57.2 Å². The molecule has 0 heterocycles. The Morgan fingerprint density at radius 2 is 2.04 bits per heavy atom. The lowest BCUT2D eigenvalue weighted by atomic mass is 9.79. The van der Waals surface area contributed by atoms with Crippen molar-refractivity contribution in [1.29, 1.82) is 0 Å². The van der Waals surface area contributed by atoms with E-state index in [1.54, 1.807) is 5.56 Å². The molecular formula is C22H36NO3P. The van der Waals surface area contributed by atoms with E-state index in [1.165, 1.54) is 62.5 Å². The number of hydrogen-bond acceptors (Lipinski definition) is 4. The first-order valence-electron chi connectivity index (χ1n) is 10.7. The highest BCUT2D eigenvalue weighted by molar-refractivity contribution is 7.39. The molecule has 2 aliphatic rings. The SMILES string of the molecule is CCCCCC[C@@H]1CCc2cc([C@H]3CC[C@](N)(COP(O)O)C3)ccc2C1. The molecular weight excluding hydrogens is 357 g/mol. The number of hydrogen-bond donors (Lipinski definition) is 3. The highest BCUT2D eigenvalue weighted by Crippen LogP contribution is 2.42. The fraction of sp³-hybridized carbons (Fsp3) is 0.727. The molecule has 1 aromatic carbocycles. The largest absolute Gasteiger partial charge is 0.328 e. The van der Waals surface area contributed by atoms with Crippen LogP contribution in [0.4, 0.5) is 0 Å². The lowest BCUT2D eigenvalue weighted by Crippen LogP contribution is -2.41. The Morgan fingerprint density at radius 1 is 1.19 bits per heavy atom. The first kappa shape index (κ1) is 21.2. The molecule has 4 N–H and O–H groups in total. The molecule has 0 unspecified atom stereocenters. The van der Waals surface area contributed by atoms with Crippen LogP contribution < -0.4 is 5.73 Å². The maximum Gasteiger partial charge on any atom is 0.327 e. The van der Waals surface area contributed by atoms with Crippen LogP contribution in [0.2, 0.25) is 0 Å². The van der Waals surface area contributed by atoms with Crippen molar-refractivity contribution in [2.75, 3.05) is 6.61 Å². The first-order chi connectivity index (χ1) is 13.0. The summed E-state index contributed by atoms with van der Waals surface area (Å²) in [7, 11) is -2.32. The fourth-order valence-electron chi connectivity index (χ4n) is 4.97. The third kappa shape index (κ3) is 5.98. The molecule has 0 spiro atoms. The average molecular weight is 394 g/mol. The number of aryl methyl sites for hydroxylation is 1. The van der Waals surface area contributed by atoms with Gasteiger partial charge >= 0.3 is 8.60 Å². The van der Waals surface area contributed by atoms with Crippen LogP contribution in [-0.2, 0) is 17.4 Å². The third-order valence-electron chi connectivity index (χ3n) is 6.61. The van der Waals surface area contributed by atoms with Crippen molar-refractivity contribution in [3.05, 3.63) is 34.9 Å². The number of nitrogens with two attached hydrogens (primary N) is 1. The van der Waals surface area contributed by atoms with Gasteiger partial charge in [-0.15, -0.1) is 0 Å². The van der Waals surface area contributed by atoms with Gasteiger partial charge in [0.05, 0.1) is 6.61 Å². The molecule has 27 heavy (non-hydrogen) atoms. The molecule has 4 nitrogen and oxygen atoms in total. The second kappa shape index (κ2) is 9.80. The van der Waals surface area contributed by atoms with E-state index in [2.05, 4.69) is 25.1 Å². The minimum absolute atomic E-state index is 0.229. The molecule has 0 bridgehead atoms. The van der Waals surface area contributed by atoms with Gasteiger partial charge in [0.25, 0.3) is 0 Å². The number of rotatable bonds is 9. The van der Waals surface area contributed by atoms with Crippen LogP contribution in [0.15, 0.2) is 18.2 Å². The van der Waals surface area contributed by atoms with Crippen LogP contribution in [0.5, 0.6) is 0 Å². The van der Waals surface area contributed by atoms with E-state index in [-0.39, 0.29) is 6.61 Å². The third-order valence-corrected chi connectivity index (χ3v) is 6.97. The summed E-state index contributed by atoms with van der Waals surface area (Å²) < 4.78 is 5.01. The minimum atomic E-state index is -2.32. The second-order valence-electron chi connectivity index (χ2n) is 8.81. The van der Waals surface area contributed by atoms with E-state index in [1.807, 2.05) is 0 Å². The van der Waals surface area contributed by atoms with Crippen LogP contribution >= 0.6 is 8.60 Å². The molecule has 0 aliphatic heterocycles. The van der Waals surface area contributed by atoms with Gasteiger partial charge in [0, 0.05) is 5.54 Å². The average Bonchev–Trinajstić information content (AvgIpc) is 3.06. The summed E-state index contributed by atoms with van der Waals surface area (Å²) in [6.45, 7) is 2.50. The molecule has 0 saturated heterocycles.